The molecule has 0 atom stereocenters. The summed E-state index contributed by atoms with van der Waals surface area (Å²) in [4.78, 5) is 11.5. The molecule has 0 saturated heterocycles. The summed E-state index contributed by atoms with van der Waals surface area (Å²) in [5.41, 5.74) is 0.450. The zero-order chi connectivity index (χ0) is 10.6. The first kappa shape index (κ1) is 11.8. The molecule has 76 valence electrons. The van der Waals surface area contributed by atoms with E-state index in [4.69, 9.17) is 23.2 Å². The van der Waals surface area contributed by atoms with Gasteiger partial charge in [0.2, 0.25) is 0 Å². The molecule has 0 heterocycles. The second-order valence-corrected chi connectivity index (χ2v) is 4.16. The number of hydrogen-bond acceptors (Lipinski definition) is 1. The summed E-state index contributed by atoms with van der Waals surface area (Å²) in [5, 5.41) is 3.06. The molecule has 1 aromatic carbocycles. The van der Waals surface area contributed by atoms with Crippen molar-refractivity contribution >= 4 is 45.0 Å². The van der Waals surface area contributed by atoms with Gasteiger partial charge in [0.25, 0.3) is 5.91 Å². The summed E-state index contributed by atoms with van der Waals surface area (Å²) in [5.74, 6) is 0.175. The van der Waals surface area contributed by atoms with Gasteiger partial charge in [-0.05, 0) is 28.1 Å². The quantitative estimate of drug-likeness (QED) is 0.854. The molecule has 0 fully saturated rings. The molecule has 14 heavy (non-hydrogen) atoms. The molecule has 2 nitrogen and oxygen atoms in total. The molecule has 0 saturated carbocycles. The second-order valence-electron chi connectivity index (χ2n) is 2.55. The number of carbonyl (C=O) groups excluding carboxylic acids is 1. The average Bonchev–Trinajstić information content (AvgIpc) is 2.18. The summed E-state index contributed by atoms with van der Waals surface area (Å²) < 4.78 is 0.706. The van der Waals surface area contributed by atoms with Crippen LogP contribution in [0.5, 0.6) is 0 Å². The van der Waals surface area contributed by atoms with Gasteiger partial charge in [-0.3, -0.25) is 4.79 Å². The van der Waals surface area contributed by atoms with Crippen molar-refractivity contribution < 1.29 is 4.79 Å². The minimum Gasteiger partial charge on any atom is -0.351 e. The van der Waals surface area contributed by atoms with Crippen LogP contribution in [0, 0.1) is 0 Å². The standard InChI is InChI=1S/C9H8BrCl2NO/c10-7-3-1-2-6(8(7)12)9(14)13-5-4-11/h1-3H,4-5H2,(H,13,14). The predicted octanol–water partition coefficient (Wildman–Crippen LogP) is 3.07. The van der Waals surface area contributed by atoms with Crippen molar-refractivity contribution in [1.29, 1.82) is 0 Å². The largest absolute Gasteiger partial charge is 0.351 e. The molecule has 0 aliphatic heterocycles. The Morgan fingerprint density at radius 2 is 2.21 bits per heavy atom. The molecule has 1 rings (SSSR count). The molecule has 5 heteroatoms. The molecule has 0 aliphatic rings. The number of halogens is 3. The van der Waals surface area contributed by atoms with Gasteiger partial charge in [0, 0.05) is 16.9 Å². The highest BCUT2D eigenvalue weighted by Gasteiger charge is 2.10. The van der Waals surface area contributed by atoms with Gasteiger partial charge < -0.3 is 5.32 Å². The minimum absolute atomic E-state index is 0.211. The zero-order valence-corrected chi connectivity index (χ0v) is 10.3. The van der Waals surface area contributed by atoms with E-state index in [0.29, 0.717) is 27.5 Å². The smallest absolute Gasteiger partial charge is 0.252 e. The molecule has 1 N–H and O–H groups in total. The van der Waals surface area contributed by atoms with Crippen molar-refractivity contribution in [3.63, 3.8) is 0 Å². The zero-order valence-electron chi connectivity index (χ0n) is 7.19. The van der Waals surface area contributed by atoms with Crippen LogP contribution in [0.1, 0.15) is 10.4 Å². The number of rotatable bonds is 3. The number of carbonyl (C=O) groups is 1. The average molecular weight is 297 g/mol. The van der Waals surface area contributed by atoms with Crippen LogP contribution >= 0.6 is 39.1 Å². The predicted molar refractivity (Wildman–Crippen MR) is 62.2 cm³/mol. The van der Waals surface area contributed by atoms with Crippen molar-refractivity contribution in [3.05, 3.63) is 33.3 Å². The van der Waals surface area contributed by atoms with Crippen LogP contribution < -0.4 is 5.32 Å². The molecular formula is C9H8BrCl2NO. The van der Waals surface area contributed by atoms with E-state index in [2.05, 4.69) is 21.2 Å². The highest BCUT2D eigenvalue weighted by molar-refractivity contribution is 9.10. The molecular weight excluding hydrogens is 289 g/mol. The number of amides is 1. The van der Waals surface area contributed by atoms with Crippen LogP contribution in [0.2, 0.25) is 5.02 Å². The van der Waals surface area contributed by atoms with E-state index >= 15 is 0 Å². The van der Waals surface area contributed by atoms with E-state index in [-0.39, 0.29) is 5.91 Å². The maximum absolute atomic E-state index is 11.5. The Labute approximate surface area is 101 Å². The molecule has 1 aromatic rings. The molecule has 0 aromatic heterocycles. The maximum Gasteiger partial charge on any atom is 0.252 e. The van der Waals surface area contributed by atoms with Crippen LogP contribution in [0.15, 0.2) is 22.7 Å². The van der Waals surface area contributed by atoms with Gasteiger partial charge in [-0.25, -0.2) is 0 Å². The number of benzene rings is 1. The van der Waals surface area contributed by atoms with Gasteiger partial charge in [0.15, 0.2) is 0 Å². The summed E-state index contributed by atoms with van der Waals surface area (Å²) >= 11 is 14.6. The van der Waals surface area contributed by atoms with E-state index in [1.54, 1.807) is 18.2 Å². The summed E-state index contributed by atoms with van der Waals surface area (Å²) in [6.07, 6.45) is 0. The summed E-state index contributed by atoms with van der Waals surface area (Å²) in [6.45, 7) is 0.434. The van der Waals surface area contributed by atoms with Gasteiger partial charge in [0.05, 0.1) is 10.6 Å². The fourth-order valence-electron chi connectivity index (χ4n) is 0.935. The molecule has 1 amide bonds. The van der Waals surface area contributed by atoms with E-state index in [1.807, 2.05) is 0 Å². The molecule has 0 aliphatic carbocycles. The van der Waals surface area contributed by atoms with Crippen LogP contribution in [-0.4, -0.2) is 18.3 Å². The van der Waals surface area contributed by atoms with Gasteiger partial charge in [-0.1, -0.05) is 17.7 Å². The normalized spacial score (nSPS) is 9.93. The first-order valence-corrected chi connectivity index (χ1v) is 5.65. The maximum atomic E-state index is 11.5. The SMILES string of the molecule is O=C(NCCCl)c1cccc(Br)c1Cl. The Kier molecular flexibility index (Phi) is 4.72. The number of alkyl halides is 1. The summed E-state index contributed by atoms with van der Waals surface area (Å²) in [6, 6.07) is 5.20. The monoisotopic (exact) mass is 295 g/mol. The topological polar surface area (TPSA) is 29.1 Å². The van der Waals surface area contributed by atoms with E-state index < -0.39 is 0 Å². The van der Waals surface area contributed by atoms with Gasteiger partial charge in [-0.15, -0.1) is 11.6 Å². The third-order valence-corrected chi connectivity index (χ3v) is 3.06. The summed E-state index contributed by atoms with van der Waals surface area (Å²) in [7, 11) is 0. The Hall–Kier alpha value is -0.250. The van der Waals surface area contributed by atoms with Crippen molar-refractivity contribution in [1.82, 2.24) is 5.32 Å². The lowest BCUT2D eigenvalue weighted by atomic mass is 10.2. The van der Waals surface area contributed by atoms with Crippen LogP contribution in [-0.2, 0) is 0 Å². The molecule has 0 bridgehead atoms. The van der Waals surface area contributed by atoms with E-state index in [9.17, 15) is 4.79 Å². The van der Waals surface area contributed by atoms with Crippen LogP contribution in [0.3, 0.4) is 0 Å². The molecule has 0 radical (unpaired) electrons. The van der Waals surface area contributed by atoms with Crippen molar-refractivity contribution in [2.45, 2.75) is 0 Å². The fraction of sp³-hybridized carbons (Fsp3) is 0.222. The third kappa shape index (κ3) is 2.87. The van der Waals surface area contributed by atoms with Gasteiger partial charge in [0.1, 0.15) is 0 Å². The van der Waals surface area contributed by atoms with Crippen LogP contribution in [0.4, 0.5) is 0 Å². The first-order valence-electron chi connectivity index (χ1n) is 3.95. The Balaban J connectivity index is 2.84. The lowest BCUT2D eigenvalue weighted by Crippen LogP contribution is -2.25. The highest BCUT2D eigenvalue weighted by Crippen LogP contribution is 2.25. The van der Waals surface area contributed by atoms with Gasteiger partial charge >= 0.3 is 0 Å². The lowest BCUT2D eigenvalue weighted by Gasteiger charge is -2.05. The fourth-order valence-corrected chi connectivity index (χ4v) is 1.61. The Morgan fingerprint density at radius 1 is 1.50 bits per heavy atom. The molecule has 0 spiro atoms. The third-order valence-electron chi connectivity index (χ3n) is 1.58. The number of nitrogens with one attached hydrogen (secondary N) is 1. The van der Waals surface area contributed by atoms with Crippen molar-refractivity contribution in [2.24, 2.45) is 0 Å². The number of hydrogen-bond donors (Lipinski definition) is 1. The first-order chi connectivity index (χ1) is 6.66. The van der Waals surface area contributed by atoms with E-state index in [1.165, 1.54) is 0 Å². The second kappa shape index (κ2) is 5.59. The van der Waals surface area contributed by atoms with Crippen LogP contribution in [0.25, 0.3) is 0 Å². The highest BCUT2D eigenvalue weighted by atomic mass is 79.9. The van der Waals surface area contributed by atoms with Crippen molar-refractivity contribution in [2.75, 3.05) is 12.4 Å². The van der Waals surface area contributed by atoms with Gasteiger partial charge in [-0.2, -0.15) is 0 Å². The lowest BCUT2D eigenvalue weighted by molar-refractivity contribution is 0.0956. The Bertz CT molecular complexity index is 344. The minimum atomic E-state index is -0.211. The Morgan fingerprint density at radius 3 is 2.86 bits per heavy atom. The van der Waals surface area contributed by atoms with E-state index in [0.717, 1.165) is 0 Å². The van der Waals surface area contributed by atoms with Crippen molar-refractivity contribution in [3.8, 4) is 0 Å². The molecule has 0 unspecified atom stereocenters.